The fraction of sp³-hybridized carbons (Fsp3) is 1.00. The molecule has 0 aromatic rings. The summed E-state index contributed by atoms with van der Waals surface area (Å²) in [4.78, 5) is 0. The van der Waals surface area contributed by atoms with Gasteiger partial charge in [-0.1, -0.05) is 51.9 Å². The predicted octanol–water partition coefficient (Wildman–Crippen LogP) is -0.0893. The molecule has 0 amide bonds. The van der Waals surface area contributed by atoms with Crippen LogP contribution in [0.2, 0.25) is 0 Å². The first-order valence-electron chi connectivity index (χ1n) is 11.4. The first kappa shape index (κ1) is 27.7. The maximum absolute atomic E-state index is 9.96. The van der Waals surface area contributed by atoms with Crippen molar-refractivity contribution in [2.45, 2.75) is 95.1 Å². The van der Waals surface area contributed by atoms with Crippen molar-refractivity contribution in [3.63, 3.8) is 0 Å². The van der Waals surface area contributed by atoms with Crippen molar-refractivity contribution >= 4 is 0 Å². The van der Waals surface area contributed by atoms with Crippen LogP contribution in [-0.4, -0.2) is 102 Å². The van der Waals surface area contributed by atoms with Crippen LogP contribution in [0.5, 0.6) is 0 Å². The molecule has 1 saturated heterocycles. The van der Waals surface area contributed by atoms with Gasteiger partial charge >= 0.3 is 0 Å². The first-order valence-corrected chi connectivity index (χ1v) is 11.4. The summed E-state index contributed by atoms with van der Waals surface area (Å²) < 4.78 is 16.1. The summed E-state index contributed by atoms with van der Waals surface area (Å²) >= 11 is 0. The van der Waals surface area contributed by atoms with Gasteiger partial charge in [0.1, 0.15) is 24.4 Å². The Morgan fingerprint density at radius 1 is 0.900 bits per heavy atom. The molecule has 1 heterocycles. The lowest BCUT2D eigenvalue weighted by Gasteiger charge is -2.39. The van der Waals surface area contributed by atoms with E-state index in [0.717, 1.165) is 13.0 Å². The highest BCUT2D eigenvalue weighted by Crippen LogP contribution is 2.21. The quantitative estimate of drug-likeness (QED) is 0.162. The van der Waals surface area contributed by atoms with Gasteiger partial charge in [0.25, 0.3) is 0 Å². The number of aliphatic hydroxyl groups is 5. The SMILES string of the molecule is CCCCCCCCCCOCCNCC(O)CO[C@H]1O[C@H](CO)[C@H](O)[C@H](O)[C@H]1O. The molecule has 0 aromatic carbocycles. The molecule has 1 aliphatic heterocycles. The minimum atomic E-state index is -1.49. The van der Waals surface area contributed by atoms with Crippen LogP contribution in [0.25, 0.3) is 0 Å². The van der Waals surface area contributed by atoms with Gasteiger partial charge in [-0.2, -0.15) is 0 Å². The molecule has 180 valence electrons. The summed E-state index contributed by atoms with van der Waals surface area (Å²) in [6.45, 7) is 3.77. The normalized spacial score (nSPS) is 28.0. The van der Waals surface area contributed by atoms with Gasteiger partial charge in [0, 0.05) is 19.7 Å². The van der Waals surface area contributed by atoms with Crippen molar-refractivity contribution in [2.24, 2.45) is 0 Å². The molecule has 0 spiro atoms. The fourth-order valence-corrected chi connectivity index (χ4v) is 3.32. The van der Waals surface area contributed by atoms with Crippen LogP contribution < -0.4 is 5.32 Å². The Hall–Kier alpha value is -0.360. The molecule has 0 aromatic heterocycles. The van der Waals surface area contributed by atoms with E-state index in [9.17, 15) is 20.4 Å². The molecule has 9 heteroatoms. The maximum Gasteiger partial charge on any atom is 0.186 e. The van der Waals surface area contributed by atoms with Crippen molar-refractivity contribution in [3.8, 4) is 0 Å². The zero-order chi connectivity index (χ0) is 22.2. The van der Waals surface area contributed by atoms with Crippen LogP contribution in [0, 0.1) is 0 Å². The Labute approximate surface area is 180 Å². The van der Waals surface area contributed by atoms with Crippen molar-refractivity contribution in [1.82, 2.24) is 5.32 Å². The summed E-state index contributed by atoms with van der Waals surface area (Å²) in [5.41, 5.74) is 0. The van der Waals surface area contributed by atoms with Gasteiger partial charge in [0.05, 0.1) is 25.9 Å². The second-order valence-corrected chi connectivity index (χ2v) is 7.98. The summed E-state index contributed by atoms with van der Waals surface area (Å²) in [5.74, 6) is 0. The van der Waals surface area contributed by atoms with E-state index in [2.05, 4.69) is 12.2 Å². The molecule has 0 radical (unpaired) electrons. The predicted molar refractivity (Wildman–Crippen MR) is 112 cm³/mol. The Morgan fingerprint density at radius 3 is 2.23 bits per heavy atom. The molecule has 1 fully saturated rings. The molecule has 1 aliphatic rings. The third-order valence-electron chi connectivity index (χ3n) is 5.25. The molecule has 9 nitrogen and oxygen atoms in total. The molecule has 0 saturated carbocycles. The molecule has 0 bridgehead atoms. The van der Waals surface area contributed by atoms with Gasteiger partial charge in [-0.05, 0) is 6.42 Å². The van der Waals surface area contributed by atoms with E-state index in [1.807, 2.05) is 0 Å². The molecule has 6 atom stereocenters. The van der Waals surface area contributed by atoms with Gasteiger partial charge in [-0.25, -0.2) is 0 Å². The zero-order valence-electron chi connectivity index (χ0n) is 18.3. The number of unbranched alkanes of at least 4 members (excludes halogenated alkanes) is 7. The van der Waals surface area contributed by atoms with Crippen LogP contribution in [0.3, 0.4) is 0 Å². The van der Waals surface area contributed by atoms with Crippen molar-refractivity contribution in [2.75, 3.05) is 39.5 Å². The van der Waals surface area contributed by atoms with Crippen molar-refractivity contribution < 1.29 is 39.7 Å². The number of nitrogens with one attached hydrogen (secondary N) is 1. The highest BCUT2D eigenvalue weighted by atomic mass is 16.7. The summed E-state index contributed by atoms with van der Waals surface area (Å²) in [6, 6.07) is 0. The minimum absolute atomic E-state index is 0.130. The number of rotatable bonds is 18. The van der Waals surface area contributed by atoms with Gasteiger partial charge in [-0.3, -0.25) is 0 Å². The lowest BCUT2D eigenvalue weighted by Crippen LogP contribution is -2.59. The molecule has 1 rings (SSSR count). The molecule has 30 heavy (non-hydrogen) atoms. The lowest BCUT2D eigenvalue weighted by molar-refractivity contribution is -0.304. The number of hydrogen-bond donors (Lipinski definition) is 6. The van der Waals surface area contributed by atoms with E-state index in [1.165, 1.54) is 44.9 Å². The lowest BCUT2D eigenvalue weighted by atomic mass is 9.99. The molecular formula is C21H43NO8. The highest BCUT2D eigenvalue weighted by molar-refractivity contribution is 4.88. The summed E-state index contributed by atoms with van der Waals surface area (Å²) in [6.07, 6.45) is 2.67. The van der Waals surface area contributed by atoms with Crippen molar-refractivity contribution in [3.05, 3.63) is 0 Å². The monoisotopic (exact) mass is 437 g/mol. The van der Waals surface area contributed by atoms with E-state index in [4.69, 9.17) is 19.3 Å². The smallest absolute Gasteiger partial charge is 0.186 e. The van der Waals surface area contributed by atoms with Crippen molar-refractivity contribution in [1.29, 1.82) is 0 Å². The van der Waals surface area contributed by atoms with Gasteiger partial charge in [-0.15, -0.1) is 0 Å². The minimum Gasteiger partial charge on any atom is -0.394 e. The Balaban J connectivity index is 1.97. The van der Waals surface area contributed by atoms with Gasteiger partial charge in [0.15, 0.2) is 6.29 Å². The molecule has 0 aliphatic carbocycles. The Morgan fingerprint density at radius 2 is 1.57 bits per heavy atom. The summed E-state index contributed by atoms with van der Waals surface area (Å²) in [5, 5.41) is 51.5. The number of aliphatic hydroxyl groups excluding tert-OH is 5. The average molecular weight is 438 g/mol. The van der Waals surface area contributed by atoms with Crippen LogP contribution in [0.1, 0.15) is 58.3 Å². The molecule has 6 N–H and O–H groups in total. The maximum atomic E-state index is 9.96. The van der Waals surface area contributed by atoms with Gasteiger partial charge < -0.3 is 45.1 Å². The third-order valence-corrected chi connectivity index (χ3v) is 5.25. The average Bonchev–Trinajstić information content (AvgIpc) is 2.75. The Kier molecular flexibility index (Phi) is 15.9. The third kappa shape index (κ3) is 11.3. The Bertz CT molecular complexity index is 401. The topological polar surface area (TPSA) is 141 Å². The number of ether oxygens (including phenoxy) is 3. The largest absolute Gasteiger partial charge is 0.394 e. The van der Waals surface area contributed by atoms with E-state index in [0.29, 0.717) is 13.2 Å². The van der Waals surface area contributed by atoms with E-state index in [1.54, 1.807) is 0 Å². The first-order chi connectivity index (χ1) is 14.5. The van der Waals surface area contributed by atoms with Gasteiger partial charge in [0.2, 0.25) is 0 Å². The van der Waals surface area contributed by atoms with Crippen LogP contribution in [0.4, 0.5) is 0 Å². The highest BCUT2D eigenvalue weighted by Gasteiger charge is 2.44. The van der Waals surface area contributed by atoms with E-state index >= 15 is 0 Å². The number of hydrogen-bond acceptors (Lipinski definition) is 9. The standard InChI is InChI=1S/C21H43NO8/c1-2-3-4-5-6-7-8-9-11-28-12-10-22-13-16(24)15-29-21-20(27)19(26)18(25)17(14-23)30-21/h16-27H,2-15H2,1H3/t16?,17-,18+,19+,20-,21+/m1/s1. The van der Waals surface area contributed by atoms with E-state index in [-0.39, 0.29) is 13.2 Å². The fourth-order valence-electron chi connectivity index (χ4n) is 3.32. The van der Waals surface area contributed by atoms with E-state index < -0.39 is 43.4 Å². The summed E-state index contributed by atoms with van der Waals surface area (Å²) in [7, 11) is 0. The second kappa shape index (κ2) is 17.2. The molecule has 1 unspecified atom stereocenters. The van der Waals surface area contributed by atoms with Crippen LogP contribution >= 0.6 is 0 Å². The van der Waals surface area contributed by atoms with Crippen LogP contribution in [0.15, 0.2) is 0 Å². The zero-order valence-corrected chi connectivity index (χ0v) is 18.3. The second-order valence-electron chi connectivity index (χ2n) is 7.98. The molecular weight excluding hydrogens is 394 g/mol. The van der Waals surface area contributed by atoms with Crippen LogP contribution in [-0.2, 0) is 14.2 Å².